The monoisotopic (exact) mass is 353 g/mol. The normalized spacial score (nSPS) is 25.0. The van der Waals surface area contributed by atoms with Gasteiger partial charge in [0, 0.05) is 25.1 Å². The number of nitrogens with zero attached hydrogens (tertiary/aromatic N) is 4. The minimum absolute atomic E-state index is 0.299. The van der Waals surface area contributed by atoms with Gasteiger partial charge in [0.25, 0.3) is 0 Å². The second-order valence-electron chi connectivity index (χ2n) is 5.94. The second-order valence-corrected chi connectivity index (χ2v) is 9.05. The topological polar surface area (TPSA) is 86.1 Å². The van der Waals surface area contributed by atoms with E-state index in [1.165, 1.54) is 15.6 Å². The first-order valence-electron chi connectivity index (χ1n) is 7.82. The third-order valence-electron chi connectivity index (χ3n) is 4.50. The van der Waals surface area contributed by atoms with Gasteiger partial charge in [-0.25, -0.2) is 0 Å². The molecule has 9 heteroatoms. The highest BCUT2D eigenvalue weighted by Crippen LogP contribution is 2.30. The Morgan fingerprint density at radius 3 is 3.04 bits per heavy atom. The third kappa shape index (κ3) is 2.76. The number of thiophene rings is 1. The van der Waals surface area contributed by atoms with Crippen LogP contribution < -0.4 is 5.32 Å². The fourth-order valence-electron chi connectivity index (χ4n) is 3.27. The minimum atomic E-state index is -3.42. The van der Waals surface area contributed by atoms with E-state index in [1.54, 1.807) is 17.5 Å². The molecule has 0 radical (unpaired) electrons. The lowest BCUT2D eigenvalue weighted by molar-refractivity contribution is 0.296. The van der Waals surface area contributed by atoms with Crippen LogP contribution in [-0.4, -0.2) is 43.3 Å². The summed E-state index contributed by atoms with van der Waals surface area (Å²) in [5.41, 5.74) is 0. The largest absolute Gasteiger partial charge is 0.592 e. The minimum Gasteiger partial charge on any atom is -0.592 e. The van der Waals surface area contributed by atoms with Crippen molar-refractivity contribution in [3.63, 3.8) is 0 Å². The van der Waals surface area contributed by atoms with Gasteiger partial charge >= 0.3 is 0 Å². The predicted octanol–water partition coefficient (Wildman–Crippen LogP) is 1.23. The van der Waals surface area contributed by atoms with Crippen molar-refractivity contribution in [3.8, 4) is 0 Å². The van der Waals surface area contributed by atoms with Crippen molar-refractivity contribution in [2.75, 3.05) is 19.6 Å². The Morgan fingerprint density at radius 1 is 1.39 bits per heavy atom. The van der Waals surface area contributed by atoms with Gasteiger partial charge in [0.1, 0.15) is 12.4 Å². The van der Waals surface area contributed by atoms with E-state index in [2.05, 4.69) is 20.1 Å². The number of fused-ring (bicyclic) bond motifs is 1. The smallest absolute Gasteiger partial charge is 0.229 e. The van der Waals surface area contributed by atoms with Crippen molar-refractivity contribution in [3.05, 3.63) is 29.2 Å². The Bertz CT molecular complexity index is 724. The Hall–Kier alpha value is -1.13. The number of aromatic nitrogens is 3. The third-order valence-corrected chi connectivity index (χ3v) is 7.72. The molecular weight excluding hydrogens is 334 g/mol. The van der Waals surface area contributed by atoms with Gasteiger partial charge in [0.2, 0.25) is 4.21 Å². The van der Waals surface area contributed by atoms with Crippen LogP contribution in [0, 0.1) is 0 Å². The number of rotatable bonds is 3. The molecule has 2 aliphatic heterocycles. The first-order valence-corrected chi connectivity index (χ1v) is 10.1. The van der Waals surface area contributed by atoms with E-state index in [1.807, 2.05) is 0 Å². The lowest BCUT2D eigenvalue weighted by atomic mass is 9.99. The highest BCUT2D eigenvalue weighted by molar-refractivity contribution is 7.97. The number of hydrogen-bond acceptors (Lipinski definition) is 6. The van der Waals surface area contributed by atoms with Crippen LogP contribution >= 0.6 is 11.3 Å². The summed E-state index contributed by atoms with van der Waals surface area (Å²) in [7, 11) is -3.42. The molecular formula is C14H19N5O2S2. The zero-order valence-electron chi connectivity index (χ0n) is 12.7. The standard InChI is InChI=1S/C14H19N5O2S2/c20-23(21,13-4-2-8-22-13)18-6-7-19-12(10-18)16-17-14(19)11-3-1-5-15-9-11/h2,4,8,11,15H,1,3,5-7,9-10H2. The van der Waals surface area contributed by atoms with E-state index in [0.717, 1.165) is 37.6 Å². The summed E-state index contributed by atoms with van der Waals surface area (Å²) >= 11 is 1.25. The van der Waals surface area contributed by atoms with Crippen LogP contribution in [-0.2, 0) is 27.7 Å². The lowest BCUT2D eigenvalue weighted by Crippen LogP contribution is -2.42. The molecule has 4 heterocycles. The van der Waals surface area contributed by atoms with E-state index >= 15 is 0 Å². The molecule has 0 aliphatic carbocycles. The quantitative estimate of drug-likeness (QED) is 0.839. The first kappa shape index (κ1) is 15.4. The molecule has 2 aliphatic rings. The van der Waals surface area contributed by atoms with E-state index in [-0.39, 0.29) is 0 Å². The van der Waals surface area contributed by atoms with E-state index < -0.39 is 10.4 Å². The van der Waals surface area contributed by atoms with Gasteiger partial charge in [-0.2, -0.15) is 0 Å². The summed E-state index contributed by atoms with van der Waals surface area (Å²) in [6.45, 7) is 3.38. The van der Waals surface area contributed by atoms with Crippen molar-refractivity contribution in [2.24, 2.45) is 0 Å². The van der Waals surface area contributed by atoms with Gasteiger partial charge in [0.15, 0.2) is 16.2 Å². The van der Waals surface area contributed by atoms with Crippen LogP contribution in [0.15, 0.2) is 21.7 Å². The molecule has 23 heavy (non-hydrogen) atoms. The van der Waals surface area contributed by atoms with E-state index in [0.29, 0.717) is 29.8 Å². The van der Waals surface area contributed by atoms with Gasteiger partial charge in [-0.05, 0) is 30.8 Å². The van der Waals surface area contributed by atoms with Crippen LogP contribution in [0.25, 0.3) is 0 Å². The van der Waals surface area contributed by atoms with Crippen molar-refractivity contribution in [1.29, 1.82) is 0 Å². The molecule has 2 aromatic heterocycles. The second kappa shape index (κ2) is 6.06. The average Bonchev–Trinajstić information content (AvgIpc) is 3.25. The molecule has 2 aromatic rings. The zero-order valence-corrected chi connectivity index (χ0v) is 14.3. The summed E-state index contributed by atoms with van der Waals surface area (Å²) < 4.78 is 29.3. The predicted molar refractivity (Wildman–Crippen MR) is 86.7 cm³/mol. The Morgan fingerprint density at radius 2 is 2.30 bits per heavy atom. The molecule has 1 saturated heterocycles. The molecule has 2 unspecified atom stereocenters. The average molecular weight is 353 g/mol. The summed E-state index contributed by atoms with van der Waals surface area (Å²) in [5, 5.41) is 13.8. The summed E-state index contributed by atoms with van der Waals surface area (Å²) in [4.78, 5) is 0. The molecule has 0 spiro atoms. The first-order chi connectivity index (χ1) is 11.2. The molecule has 1 fully saturated rings. The van der Waals surface area contributed by atoms with Crippen LogP contribution in [0.1, 0.15) is 30.4 Å². The molecule has 2 atom stereocenters. The van der Waals surface area contributed by atoms with Crippen molar-refractivity contribution < 1.29 is 8.76 Å². The number of piperidine rings is 1. The molecule has 0 aromatic carbocycles. The van der Waals surface area contributed by atoms with Crippen molar-refractivity contribution in [1.82, 2.24) is 24.4 Å². The van der Waals surface area contributed by atoms with Gasteiger partial charge < -0.3 is 14.4 Å². The summed E-state index contributed by atoms with van der Waals surface area (Å²) in [6.07, 6.45) is 2.26. The van der Waals surface area contributed by atoms with Gasteiger partial charge in [-0.15, -0.1) is 14.5 Å². The van der Waals surface area contributed by atoms with Crippen molar-refractivity contribution in [2.45, 2.75) is 36.1 Å². The Balaban J connectivity index is 1.56. The van der Waals surface area contributed by atoms with Crippen LogP contribution in [0.5, 0.6) is 0 Å². The molecule has 0 bridgehead atoms. The highest BCUT2D eigenvalue weighted by Gasteiger charge is 2.36. The molecule has 7 nitrogen and oxygen atoms in total. The lowest BCUT2D eigenvalue weighted by Gasteiger charge is -2.31. The Kier molecular flexibility index (Phi) is 4.06. The SMILES string of the molecule is O=[S+]([O-])(c1cccs1)N1CCn2c(nnc2C2CCCNC2)C1. The van der Waals surface area contributed by atoms with Gasteiger partial charge in [0.05, 0.1) is 6.54 Å². The summed E-state index contributed by atoms with van der Waals surface area (Å²) in [6, 6.07) is 3.41. The summed E-state index contributed by atoms with van der Waals surface area (Å²) in [5.74, 6) is 2.13. The van der Waals surface area contributed by atoms with E-state index in [9.17, 15) is 8.76 Å². The molecule has 1 N–H and O–H groups in total. The highest BCUT2D eigenvalue weighted by atomic mass is 32.3. The van der Waals surface area contributed by atoms with E-state index in [4.69, 9.17) is 0 Å². The van der Waals surface area contributed by atoms with Crippen LogP contribution in [0.2, 0.25) is 0 Å². The fourth-order valence-corrected chi connectivity index (χ4v) is 5.81. The molecule has 4 rings (SSSR count). The maximum absolute atomic E-state index is 12.6. The van der Waals surface area contributed by atoms with Gasteiger partial charge in [-0.3, -0.25) is 0 Å². The van der Waals surface area contributed by atoms with Crippen LogP contribution in [0.3, 0.4) is 0 Å². The zero-order chi connectivity index (χ0) is 15.9. The maximum atomic E-state index is 12.6. The molecule has 124 valence electrons. The number of hydrogen-bond donors (Lipinski definition) is 1. The van der Waals surface area contributed by atoms with Gasteiger partial charge in [-0.1, -0.05) is 15.5 Å². The molecule has 0 saturated carbocycles. The Labute approximate surface area is 140 Å². The number of nitrogens with one attached hydrogen (secondary N) is 1. The maximum Gasteiger partial charge on any atom is 0.229 e. The molecule has 0 amide bonds. The number of sulfonamides is 1. The van der Waals surface area contributed by atoms with Crippen molar-refractivity contribution >= 4 is 21.7 Å². The van der Waals surface area contributed by atoms with Crippen LogP contribution in [0.4, 0.5) is 0 Å². The fraction of sp³-hybridized carbons (Fsp3) is 0.571.